The number of hydrogen-bond acceptors (Lipinski definition) is 5. The smallest absolute Gasteiger partial charge is 0.264 e. The summed E-state index contributed by atoms with van der Waals surface area (Å²) in [7, 11) is 0. The molecule has 10 heteroatoms. The zero-order valence-corrected chi connectivity index (χ0v) is 19.4. The van der Waals surface area contributed by atoms with Crippen LogP contribution in [0.1, 0.15) is 30.9 Å². The summed E-state index contributed by atoms with van der Waals surface area (Å²) < 4.78 is 5.38. The monoisotopic (exact) mass is 476 g/mol. The first-order valence-electron chi connectivity index (χ1n) is 9.93. The summed E-state index contributed by atoms with van der Waals surface area (Å²) in [5, 5.41) is 5.55. The average molecular weight is 477 g/mol. The Hall–Kier alpha value is -3.17. The van der Waals surface area contributed by atoms with Gasteiger partial charge in [-0.05, 0) is 61.0 Å². The third-order valence-corrected chi connectivity index (χ3v) is 5.00. The number of hydrazine groups is 1. The predicted octanol–water partition coefficient (Wildman–Crippen LogP) is 3.03. The summed E-state index contributed by atoms with van der Waals surface area (Å²) in [4.78, 5) is 35.8. The minimum Gasteiger partial charge on any atom is -0.484 e. The van der Waals surface area contributed by atoms with Crippen molar-refractivity contribution in [2.45, 2.75) is 33.1 Å². The third-order valence-electron chi connectivity index (χ3n) is 4.39. The minimum atomic E-state index is -0.479. The van der Waals surface area contributed by atoms with Gasteiger partial charge in [-0.25, -0.2) is 0 Å². The van der Waals surface area contributed by atoms with Crippen LogP contribution in [0.3, 0.4) is 0 Å². The van der Waals surface area contributed by atoms with Crippen molar-refractivity contribution in [3.05, 3.63) is 58.6 Å². The third kappa shape index (κ3) is 8.52. The average Bonchev–Trinajstić information content (AvgIpc) is 2.78. The SMILES string of the molecule is CCc1ccc(OCC(=O)NC(=S)NNC(=O)CCC(=O)Nc2cccc(Cl)c2C)cc1. The summed E-state index contributed by atoms with van der Waals surface area (Å²) in [6.07, 6.45) is 0.799. The van der Waals surface area contributed by atoms with Crippen molar-refractivity contribution < 1.29 is 19.1 Å². The van der Waals surface area contributed by atoms with Gasteiger partial charge in [0.1, 0.15) is 5.75 Å². The van der Waals surface area contributed by atoms with Crippen LogP contribution < -0.4 is 26.2 Å². The maximum atomic E-state index is 12.0. The van der Waals surface area contributed by atoms with Crippen LogP contribution in [0, 0.1) is 6.92 Å². The lowest BCUT2D eigenvalue weighted by molar-refractivity contribution is -0.125. The molecule has 2 aromatic rings. The van der Waals surface area contributed by atoms with Gasteiger partial charge >= 0.3 is 0 Å². The fraction of sp³-hybridized carbons (Fsp3) is 0.273. The summed E-state index contributed by atoms with van der Waals surface area (Å²) in [5.74, 6) is -0.708. The molecule has 0 aromatic heterocycles. The topological polar surface area (TPSA) is 109 Å². The van der Waals surface area contributed by atoms with Crippen molar-refractivity contribution in [3.63, 3.8) is 0 Å². The number of amides is 3. The van der Waals surface area contributed by atoms with Crippen LogP contribution in [0.15, 0.2) is 42.5 Å². The van der Waals surface area contributed by atoms with Crippen LogP contribution in [0.25, 0.3) is 0 Å². The van der Waals surface area contributed by atoms with Crippen LogP contribution in [0.5, 0.6) is 5.75 Å². The number of anilines is 1. The first-order valence-corrected chi connectivity index (χ1v) is 10.7. The van der Waals surface area contributed by atoms with Gasteiger partial charge in [0.15, 0.2) is 11.7 Å². The van der Waals surface area contributed by atoms with Gasteiger partial charge in [-0.1, -0.05) is 36.7 Å². The van der Waals surface area contributed by atoms with E-state index in [2.05, 4.69) is 21.5 Å². The highest BCUT2D eigenvalue weighted by Gasteiger charge is 2.11. The number of halogens is 1. The Bertz CT molecular complexity index is 982. The number of nitrogens with one attached hydrogen (secondary N) is 4. The van der Waals surface area contributed by atoms with E-state index in [4.69, 9.17) is 28.6 Å². The molecule has 0 saturated carbocycles. The first kappa shape index (κ1) is 25.1. The molecule has 0 atom stereocenters. The summed E-state index contributed by atoms with van der Waals surface area (Å²) in [5.41, 5.74) is 7.24. The van der Waals surface area contributed by atoms with Crippen LogP contribution >= 0.6 is 23.8 Å². The fourth-order valence-electron chi connectivity index (χ4n) is 2.54. The highest BCUT2D eigenvalue weighted by molar-refractivity contribution is 7.80. The van der Waals surface area contributed by atoms with Gasteiger partial charge in [0.2, 0.25) is 11.8 Å². The lowest BCUT2D eigenvalue weighted by atomic mass is 10.2. The number of rotatable bonds is 8. The molecule has 0 radical (unpaired) electrons. The van der Waals surface area contributed by atoms with Gasteiger partial charge in [-0.2, -0.15) is 0 Å². The molecule has 4 N–H and O–H groups in total. The van der Waals surface area contributed by atoms with Crippen LogP contribution in [0.4, 0.5) is 5.69 Å². The summed E-state index contributed by atoms with van der Waals surface area (Å²) >= 11 is 11.0. The largest absolute Gasteiger partial charge is 0.484 e. The highest BCUT2D eigenvalue weighted by Crippen LogP contribution is 2.23. The molecule has 0 saturated heterocycles. The molecule has 0 aliphatic heterocycles. The van der Waals surface area contributed by atoms with Crippen molar-refractivity contribution in [2.24, 2.45) is 0 Å². The van der Waals surface area contributed by atoms with Crippen molar-refractivity contribution >= 4 is 52.3 Å². The zero-order chi connectivity index (χ0) is 23.5. The Balaban J connectivity index is 1.64. The number of hydrogen-bond donors (Lipinski definition) is 4. The lowest BCUT2D eigenvalue weighted by Gasteiger charge is -2.12. The second kappa shape index (κ2) is 12.6. The Kier molecular flexibility index (Phi) is 9.90. The molecule has 0 aliphatic rings. The molecule has 2 rings (SSSR count). The van der Waals surface area contributed by atoms with Crippen LogP contribution in [-0.4, -0.2) is 29.4 Å². The second-order valence-electron chi connectivity index (χ2n) is 6.80. The van der Waals surface area contributed by atoms with Gasteiger partial charge in [-0.15, -0.1) is 0 Å². The zero-order valence-electron chi connectivity index (χ0n) is 17.8. The minimum absolute atomic E-state index is 0.0384. The van der Waals surface area contributed by atoms with Gasteiger partial charge in [0.25, 0.3) is 5.91 Å². The maximum Gasteiger partial charge on any atom is 0.264 e. The van der Waals surface area contributed by atoms with Crippen molar-refractivity contribution in [1.29, 1.82) is 0 Å². The normalized spacial score (nSPS) is 10.1. The molecule has 32 heavy (non-hydrogen) atoms. The number of ether oxygens (including phenoxy) is 1. The van der Waals surface area contributed by atoms with Gasteiger partial charge in [0.05, 0.1) is 0 Å². The molecular weight excluding hydrogens is 452 g/mol. The van der Waals surface area contributed by atoms with E-state index < -0.39 is 11.8 Å². The number of carbonyl (C=O) groups excluding carboxylic acids is 3. The molecule has 170 valence electrons. The molecule has 0 heterocycles. The van der Waals surface area contributed by atoms with Crippen molar-refractivity contribution in [2.75, 3.05) is 11.9 Å². The van der Waals surface area contributed by atoms with Crippen molar-refractivity contribution in [3.8, 4) is 5.75 Å². The van der Waals surface area contributed by atoms with E-state index in [-0.39, 0.29) is 30.5 Å². The van der Waals surface area contributed by atoms with E-state index in [0.29, 0.717) is 16.5 Å². The van der Waals surface area contributed by atoms with E-state index >= 15 is 0 Å². The highest BCUT2D eigenvalue weighted by atomic mass is 35.5. The van der Waals surface area contributed by atoms with Crippen LogP contribution in [-0.2, 0) is 20.8 Å². The van der Waals surface area contributed by atoms with Gasteiger partial charge < -0.3 is 10.1 Å². The molecule has 0 fully saturated rings. The van der Waals surface area contributed by atoms with Gasteiger partial charge in [-0.3, -0.25) is 30.6 Å². The second-order valence-corrected chi connectivity index (χ2v) is 7.61. The molecule has 0 unspecified atom stereocenters. The molecule has 0 aliphatic carbocycles. The first-order chi connectivity index (χ1) is 15.3. The fourth-order valence-corrected chi connectivity index (χ4v) is 2.88. The summed E-state index contributed by atoms with van der Waals surface area (Å²) in [6, 6.07) is 12.6. The summed E-state index contributed by atoms with van der Waals surface area (Å²) in [6.45, 7) is 3.61. The Morgan fingerprint density at radius 2 is 1.66 bits per heavy atom. The molecular formula is C22H25ClN4O4S. The van der Waals surface area contributed by atoms with E-state index in [1.54, 1.807) is 37.3 Å². The lowest BCUT2D eigenvalue weighted by Crippen LogP contribution is -2.49. The number of thiocarbonyl (C=S) groups is 1. The van der Waals surface area contributed by atoms with Gasteiger partial charge in [0, 0.05) is 23.6 Å². The number of aryl methyl sites for hydroxylation is 1. The van der Waals surface area contributed by atoms with E-state index in [9.17, 15) is 14.4 Å². The van der Waals surface area contributed by atoms with Crippen molar-refractivity contribution in [1.82, 2.24) is 16.2 Å². The standard InChI is InChI=1S/C22H25ClN4O4S/c1-3-15-7-9-16(10-8-15)31-13-21(30)25-22(32)27-26-20(29)12-11-19(28)24-18-6-4-5-17(23)14(18)2/h4-10H,3,11-13H2,1-2H3,(H,24,28)(H,26,29)(H2,25,27,30,32). The molecule has 8 nitrogen and oxygen atoms in total. The molecule has 2 aromatic carbocycles. The maximum absolute atomic E-state index is 12.0. The number of benzene rings is 2. The quantitative estimate of drug-likeness (QED) is 0.344. The Morgan fingerprint density at radius 3 is 2.34 bits per heavy atom. The molecule has 0 bridgehead atoms. The Morgan fingerprint density at radius 1 is 0.969 bits per heavy atom. The van der Waals surface area contributed by atoms with E-state index in [1.165, 1.54) is 5.56 Å². The predicted molar refractivity (Wildman–Crippen MR) is 127 cm³/mol. The van der Waals surface area contributed by atoms with Crippen LogP contribution in [0.2, 0.25) is 5.02 Å². The molecule has 3 amide bonds. The Labute approximate surface area is 197 Å². The number of carbonyl (C=O) groups is 3. The van der Waals surface area contributed by atoms with E-state index in [1.807, 2.05) is 19.1 Å². The van der Waals surface area contributed by atoms with E-state index in [0.717, 1.165) is 12.0 Å². The molecule has 0 spiro atoms.